The summed E-state index contributed by atoms with van der Waals surface area (Å²) in [6.45, 7) is 7.43. The standard InChI is InChI=1S/C17H26ClNO/c1-4-20-16-8-7-13(18)12-15(16)19-14-6-5-10-17(2,3)11-9-14/h7-8,12,14,19H,4-6,9-11H2,1-3H3. The first-order chi connectivity index (χ1) is 9.50. The largest absolute Gasteiger partial charge is 0.492 e. The van der Waals surface area contributed by atoms with E-state index in [9.17, 15) is 0 Å². The highest BCUT2D eigenvalue weighted by Gasteiger charge is 2.24. The lowest BCUT2D eigenvalue weighted by atomic mass is 9.85. The van der Waals surface area contributed by atoms with Gasteiger partial charge in [0, 0.05) is 11.1 Å². The van der Waals surface area contributed by atoms with Crippen molar-refractivity contribution < 1.29 is 4.74 Å². The molecule has 1 aliphatic rings. The van der Waals surface area contributed by atoms with Crippen LogP contribution in [-0.2, 0) is 0 Å². The Morgan fingerprint density at radius 2 is 2.10 bits per heavy atom. The second kappa shape index (κ2) is 6.71. The van der Waals surface area contributed by atoms with Crippen molar-refractivity contribution in [2.24, 2.45) is 5.41 Å². The monoisotopic (exact) mass is 295 g/mol. The molecule has 1 N–H and O–H groups in total. The van der Waals surface area contributed by atoms with Gasteiger partial charge in [0.05, 0.1) is 12.3 Å². The molecule has 2 nitrogen and oxygen atoms in total. The summed E-state index contributed by atoms with van der Waals surface area (Å²) in [4.78, 5) is 0. The van der Waals surface area contributed by atoms with Crippen LogP contribution >= 0.6 is 11.6 Å². The molecule has 0 aliphatic heterocycles. The van der Waals surface area contributed by atoms with Gasteiger partial charge >= 0.3 is 0 Å². The predicted molar refractivity (Wildman–Crippen MR) is 86.9 cm³/mol. The Bertz CT molecular complexity index is 445. The average molecular weight is 296 g/mol. The number of anilines is 1. The number of ether oxygens (including phenoxy) is 1. The van der Waals surface area contributed by atoms with Crippen molar-refractivity contribution in [3.05, 3.63) is 23.2 Å². The van der Waals surface area contributed by atoms with Gasteiger partial charge in [-0.1, -0.05) is 31.9 Å². The van der Waals surface area contributed by atoms with E-state index >= 15 is 0 Å². The fraction of sp³-hybridized carbons (Fsp3) is 0.647. The maximum atomic E-state index is 6.12. The van der Waals surface area contributed by atoms with E-state index in [0.29, 0.717) is 18.1 Å². The summed E-state index contributed by atoms with van der Waals surface area (Å²) in [5, 5.41) is 4.40. The highest BCUT2D eigenvalue weighted by molar-refractivity contribution is 6.30. The molecule has 20 heavy (non-hydrogen) atoms. The molecule has 0 heterocycles. The van der Waals surface area contributed by atoms with Gasteiger partial charge < -0.3 is 10.1 Å². The molecule has 1 unspecified atom stereocenters. The van der Waals surface area contributed by atoms with Gasteiger partial charge in [-0.05, 0) is 56.2 Å². The molecular formula is C17H26ClNO. The molecule has 0 saturated heterocycles. The van der Waals surface area contributed by atoms with Crippen molar-refractivity contribution in [1.82, 2.24) is 0 Å². The summed E-state index contributed by atoms with van der Waals surface area (Å²) < 4.78 is 5.68. The van der Waals surface area contributed by atoms with Crippen LogP contribution in [0.4, 0.5) is 5.69 Å². The number of hydrogen-bond donors (Lipinski definition) is 1. The Labute approximate surface area is 127 Å². The fourth-order valence-electron chi connectivity index (χ4n) is 2.92. The molecule has 1 aromatic carbocycles. The van der Waals surface area contributed by atoms with Crippen LogP contribution in [0, 0.1) is 5.41 Å². The quantitative estimate of drug-likeness (QED) is 0.740. The normalized spacial score (nSPS) is 22.1. The molecule has 3 heteroatoms. The summed E-state index contributed by atoms with van der Waals surface area (Å²) in [5.41, 5.74) is 1.51. The van der Waals surface area contributed by atoms with E-state index in [2.05, 4.69) is 19.2 Å². The van der Waals surface area contributed by atoms with Crippen molar-refractivity contribution >= 4 is 17.3 Å². The first-order valence-corrected chi connectivity index (χ1v) is 8.07. The molecule has 0 bridgehead atoms. The van der Waals surface area contributed by atoms with E-state index in [1.807, 2.05) is 25.1 Å². The van der Waals surface area contributed by atoms with Crippen molar-refractivity contribution in [1.29, 1.82) is 0 Å². The molecule has 0 aromatic heterocycles. The Morgan fingerprint density at radius 3 is 2.85 bits per heavy atom. The molecule has 112 valence electrons. The molecular weight excluding hydrogens is 270 g/mol. The van der Waals surface area contributed by atoms with E-state index in [4.69, 9.17) is 16.3 Å². The number of rotatable bonds is 4. The number of halogens is 1. The van der Waals surface area contributed by atoms with Gasteiger partial charge in [-0.3, -0.25) is 0 Å². The molecule has 0 radical (unpaired) electrons. The summed E-state index contributed by atoms with van der Waals surface area (Å²) in [5.74, 6) is 0.903. The van der Waals surface area contributed by atoms with Crippen molar-refractivity contribution in [3.8, 4) is 5.75 Å². The van der Waals surface area contributed by atoms with Gasteiger partial charge in [0.1, 0.15) is 5.75 Å². The third-order valence-electron chi connectivity index (χ3n) is 4.18. The number of nitrogens with one attached hydrogen (secondary N) is 1. The van der Waals surface area contributed by atoms with Crippen LogP contribution < -0.4 is 10.1 Å². The lowest BCUT2D eigenvalue weighted by Gasteiger charge is -2.23. The van der Waals surface area contributed by atoms with E-state index in [0.717, 1.165) is 16.5 Å². The molecule has 1 aliphatic carbocycles. The minimum atomic E-state index is 0.480. The van der Waals surface area contributed by atoms with Crippen LogP contribution in [0.1, 0.15) is 52.9 Å². The lowest BCUT2D eigenvalue weighted by Crippen LogP contribution is -2.19. The van der Waals surface area contributed by atoms with E-state index < -0.39 is 0 Å². The van der Waals surface area contributed by atoms with Crippen molar-refractivity contribution in [3.63, 3.8) is 0 Å². The van der Waals surface area contributed by atoms with E-state index in [-0.39, 0.29) is 0 Å². The molecule has 2 rings (SSSR count). The molecule has 0 amide bonds. The summed E-state index contributed by atoms with van der Waals surface area (Å²) in [7, 11) is 0. The van der Waals surface area contributed by atoms with Crippen LogP contribution in [0.5, 0.6) is 5.75 Å². The molecule has 1 fully saturated rings. The third-order valence-corrected chi connectivity index (χ3v) is 4.41. The van der Waals surface area contributed by atoms with Crippen LogP contribution in [0.15, 0.2) is 18.2 Å². The van der Waals surface area contributed by atoms with Gasteiger partial charge in [-0.2, -0.15) is 0 Å². The summed E-state index contributed by atoms with van der Waals surface area (Å²) in [6.07, 6.45) is 6.32. The maximum Gasteiger partial charge on any atom is 0.142 e. The van der Waals surface area contributed by atoms with Crippen LogP contribution in [0.2, 0.25) is 5.02 Å². The number of hydrogen-bond acceptors (Lipinski definition) is 2. The smallest absolute Gasteiger partial charge is 0.142 e. The molecule has 0 spiro atoms. The minimum absolute atomic E-state index is 0.480. The SMILES string of the molecule is CCOc1ccc(Cl)cc1NC1CCCC(C)(C)CC1. The van der Waals surface area contributed by atoms with Crippen LogP contribution in [-0.4, -0.2) is 12.6 Å². The summed E-state index contributed by atoms with van der Waals surface area (Å²) in [6, 6.07) is 6.33. The number of benzene rings is 1. The topological polar surface area (TPSA) is 21.3 Å². The Kier molecular flexibility index (Phi) is 5.20. The second-order valence-corrected chi connectivity index (χ2v) is 6.95. The zero-order valence-electron chi connectivity index (χ0n) is 12.8. The highest BCUT2D eigenvalue weighted by atomic mass is 35.5. The lowest BCUT2D eigenvalue weighted by molar-refractivity contribution is 0.313. The van der Waals surface area contributed by atoms with Gasteiger partial charge in [0.25, 0.3) is 0 Å². The average Bonchev–Trinajstić information content (AvgIpc) is 2.55. The first kappa shape index (κ1) is 15.5. The summed E-state index contributed by atoms with van der Waals surface area (Å²) >= 11 is 6.12. The van der Waals surface area contributed by atoms with Crippen molar-refractivity contribution in [2.75, 3.05) is 11.9 Å². The predicted octanol–water partition coefficient (Wildman–Crippen LogP) is 5.51. The zero-order chi connectivity index (χ0) is 14.6. The van der Waals surface area contributed by atoms with Gasteiger partial charge in [0.15, 0.2) is 0 Å². The van der Waals surface area contributed by atoms with Crippen LogP contribution in [0.25, 0.3) is 0 Å². The van der Waals surface area contributed by atoms with E-state index in [1.165, 1.54) is 32.1 Å². The first-order valence-electron chi connectivity index (χ1n) is 7.69. The maximum absolute atomic E-state index is 6.12. The van der Waals surface area contributed by atoms with Gasteiger partial charge in [-0.25, -0.2) is 0 Å². The van der Waals surface area contributed by atoms with E-state index in [1.54, 1.807) is 0 Å². The Hall–Kier alpha value is -0.890. The molecule has 1 saturated carbocycles. The third kappa shape index (κ3) is 4.31. The van der Waals surface area contributed by atoms with Crippen LogP contribution in [0.3, 0.4) is 0 Å². The second-order valence-electron chi connectivity index (χ2n) is 6.51. The Morgan fingerprint density at radius 1 is 1.30 bits per heavy atom. The minimum Gasteiger partial charge on any atom is -0.492 e. The van der Waals surface area contributed by atoms with Crippen molar-refractivity contribution in [2.45, 2.75) is 58.9 Å². The fourth-order valence-corrected chi connectivity index (χ4v) is 3.09. The zero-order valence-corrected chi connectivity index (χ0v) is 13.6. The molecule has 1 atom stereocenters. The Balaban J connectivity index is 2.07. The molecule has 1 aromatic rings. The van der Waals surface area contributed by atoms with Gasteiger partial charge in [0.2, 0.25) is 0 Å². The highest BCUT2D eigenvalue weighted by Crippen LogP contribution is 2.36. The van der Waals surface area contributed by atoms with Gasteiger partial charge in [-0.15, -0.1) is 0 Å².